The first-order valence-electron chi connectivity index (χ1n) is 2.95. The van der Waals surface area contributed by atoms with Crippen molar-refractivity contribution >= 4 is 11.8 Å². The van der Waals surface area contributed by atoms with Crippen LogP contribution in [0, 0.1) is 0 Å². The van der Waals surface area contributed by atoms with Gasteiger partial charge < -0.3 is 11.5 Å². The van der Waals surface area contributed by atoms with E-state index in [0.29, 0.717) is 5.06 Å². The largest absolute Gasteiger partial charge is 0.370 e. The number of primary amides is 1. The van der Waals surface area contributed by atoms with Crippen LogP contribution in [-0.4, -0.2) is 35.2 Å². The Morgan fingerprint density at radius 1 is 1.64 bits per heavy atom. The maximum atomic E-state index is 10.7. The lowest BCUT2D eigenvalue weighted by Crippen LogP contribution is -2.42. The first-order chi connectivity index (χ1) is 4.95. The number of nitrogens with two attached hydrogens (primary N) is 2. The molecule has 0 bridgehead atoms. The van der Waals surface area contributed by atoms with Crippen molar-refractivity contribution in [1.82, 2.24) is 5.06 Å². The fourth-order valence-electron chi connectivity index (χ4n) is 0.544. The molecule has 0 aliphatic carbocycles. The van der Waals surface area contributed by atoms with Crippen LogP contribution >= 0.6 is 0 Å². The van der Waals surface area contributed by atoms with E-state index in [9.17, 15) is 9.59 Å². The second-order valence-electron chi connectivity index (χ2n) is 2.14. The molecular formula is C5H11N3O3. The van der Waals surface area contributed by atoms with Gasteiger partial charge in [-0.3, -0.25) is 14.8 Å². The summed E-state index contributed by atoms with van der Waals surface area (Å²) in [6, 6.07) is -1.05. The minimum Gasteiger partial charge on any atom is -0.370 e. The van der Waals surface area contributed by atoms with Gasteiger partial charge in [-0.25, -0.2) is 5.06 Å². The second kappa shape index (κ2) is 3.89. The van der Waals surface area contributed by atoms with Crippen LogP contribution in [0.1, 0.15) is 6.42 Å². The Bertz CT molecular complexity index is 168. The second-order valence-corrected chi connectivity index (χ2v) is 2.14. The molecule has 11 heavy (non-hydrogen) atoms. The number of carbonyl (C=O) groups is 2. The molecule has 0 rings (SSSR count). The maximum absolute atomic E-state index is 10.7. The molecule has 0 saturated heterocycles. The molecule has 0 aromatic heterocycles. The Kier molecular flexibility index (Phi) is 3.49. The van der Waals surface area contributed by atoms with Crippen LogP contribution in [0.15, 0.2) is 0 Å². The van der Waals surface area contributed by atoms with E-state index in [4.69, 9.17) is 16.7 Å². The topological polar surface area (TPSA) is 110 Å². The highest BCUT2D eigenvalue weighted by atomic mass is 16.5. The van der Waals surface area contributed by atoms with Gasteiger partial charge in [-0.05, 0) is 0 Å². The summed E-state index contributed by atoms with van der Waals surface area (Å²) in [5.74, 6) is -1.41. The predicted octanol–water partition coefficient (Wildman–Crippen LogP) is -1.96. The van der Waals surface area contributed by atoms with E-state index in [1.54, 1.807) is 0 Å². The zero-order valence-electron chi connectivity index (χ0n) is 6.15. The van der Waals surface area contributed by atoms with Crippen molar-refractivity contribution in [2.45, 2.75) is 12.5 Å². The zero-order valence-corrected chi connectivity index (χ0v) is 6.15. The smallest absolute Gasteiger partial charge is 0.263 e. The molecule has 0 spiro atoms. The number of carbonyl (C=O) groups excluding carboxylic acids is 2. The summed E-state index contributed by atoms with van der Waals surface area (Å²) >= 11 is 0. The lowest BCUT2D eigenvalue weighted by Gasteiger charge is -2.12. The monoisotopic (exact) mass is 161 g/mol. The first-order valence-corrected chi connectivity index (χ1v) is 2.95. The minimum absolute atomic E-state index is 0.260. The normalized spacial score (nSPS) is 12.3. The highest BCUT2D eigenvalue weighted by Crippen LogP contribution is 1.90. The third-order valence-electron chi connectivity index (χ3n) is 1.06. The summed E-state index contributed by atoms with van der Waals surface area (Å²) < 4.78 is 0. The Morgan fingerprint density at radius 3 is 2.36 bits per heavy atom. The van der Waals surface area contributed by atoms with Crippen molar-refractivity contribution in [3.63, 3.8) is 0 Å². The van der Waals surface area contributed by atoms with Gasteiger partial charge in [0.1, 0.15) is 0 Å². The Hall–Kier alpha value is -1.14. The van der Waals surface area contributed by atoms with Gasteiger partial charge in [0.25, 0.3) is 5.91 Å². The molecule has 0 unspecified atom stereocenters. The number of likely N-dealkylation sites (N-methyl/N-ethyl adjacent to an activating group) is 1. The Morgan fingerprint density at radius 2 is 2.09 bits per heavy atom. The first kappa shape index (κ1) is 9.86. The summed E-state index contributed by atoms with van der Waals surface area (Å²) in [6.45, 7) is 0. The van der Waals surface area contributed by atoms with Crippen LogP contribution in [0.4, 0.5) is 0 Å². The highest BCUT2D eigenvalue weighted by molar-refractivity contribution is 5.86. The van der Waals surface area contributed by atoms with Crippen LogP contribution in [0.3, 0.4) is 0 Å². The lowest BCUT2D eigenvalue weighted by molar-refractivity contribution is -0.161. The van der Waals surface area contributed by atoms with E-state index in [0.717, 1.165) is 7.05 Å². The number of nitrogens with zero attached hydrogens (tertiary/aromatic N) is 1. The summed E-state index contributed by atoms with van der Waals surface area (Å²) in [6.07, 6.45) is -0.260. The molecule has 0 heterocycles. The van der Waals surface area contributed by atoms with Gasteiger partial charge in [0, 0.05) is 7.05 Å². The third-order valence-corrected chi connectivity index (χ3v) is 1.06. The summed E-state index contributed by atoms with van der Waals surface area (Å²) in [7, 11) is 1.13. The summed E-state index contributed by atoms with van der Waals surface area (Å²) in [5, 5.41) is 8.88. The van der Waals surface area contributed by atoms with Crippen LogP contribution in [0.25, 0.3) is 0 Å². The van der Waals surface area contributed by atoms with Crippen LogP contribution in [0.2, 0.25) is 0 Å². The Balaban J connectivity index is 3.93. The SMILES string of the molecule is CN(O)C(=O)[C@@H](N)CC(N)=O. The van der Waals surface area contributed by atoms with Gasteiger partial charge in [-0.15, -0.1) is 0 Å². The molecule has 0 fully saturated rings. The molecule has 0 aromatic rings. The molecule has 0 radical (unpaired) electrons. The number of hydroxylamine groups is 2. The van der Waals surface area contributed by atoms with Gasteiger partial charge in [0.2, 0.25) is 5.91 Å². The van der Waals surface area contributed by atoms with E-state index in [2.05, 4.69) is 0 Å². The van der Waals surface area contributed by atoms with Crippen molar-refractivity contribution in [2.75, 3.05) is 7.05 Å². The molecular weight excluding hydrogens is 150 g/mol. The average Bonchev–Trinajstić information content (AvgIpc) is 1.84. The number of hydrogen-bond acceptors (Lipinski definition) is 4. The van der Waals surface area contributed by atoms with Gasteiger partial charge >= 0.3 is 0 Å². The van der Waals surface area contributed by atoms with Gasteiger partial charge in [-0.2, -0.15) is 0 Å². The van der Waals surface area contributed by atoms with E-state index < -0.39 is 17.9 Å². The summed E-state index contributed by atoms with van der Waals surface area (Å²) in [4.78, 5) is 20.9. The van der Waals surface area contributed by atoms with Crippen LogP contribution in [0.5, 0.6) is 0 Å². The molecule has 6 nitrogen and oxygen atoms in total. The predicted molar refractivity (Wildman–Crippen MR) is 36.3 cm³/mol. The quantitative estimate of drug-likeness (QED) is 0.329. The zero-order chi connectivity index (χ0) is 9.02. The molecule has 2 amide bonds. The van der Waals surface area contributed by atoms with Crippen molar-refractivity contribution in [3.8, 4) is 0 Å². The fourth-order valence-corrected chi connectivity index (χ4v) is 0.544. The van der Waals surface area contributed by atoms with Crippen molar-refractivity contribution in [2.24, 2.45) is 11.5 Å². The Labute approximate surface area is 63.7 Å². The minimum atomic E-state index is -1.05. The van der Waals surface area contributed by atoms with Gasteiger partial charge in [0.05, 0.1) is 12.5 Å². The van der Waals surface area contributed by atoms with Crippen LogP contribution in [-0.2, 0) is 9.59 Å². The average molecular weight is 161 g/mol. The molecule has 0 aromatic carbocycles. The molecule has 0 saturated carbocycles. The third kappa shape index (κ3) is 3.54. The molecule has 64 valence electrons. The molecule has 0 aliphatic rings. The molecule has 0 aliphatic heterocycles. The fraction of sp³-hybridized carbons (Fsp3) is 0.600. The number of hydrogen-bond donors (Lipinski definition) is 3. The summed E-state index contributed by atoms with van der Waals surface area (Å²) in [5.41, 5.74) is 9.93. The molecule has 6 heteroatoms. The molecule has 5 N–H and O–H groups in total. The van der Waals surface area contributed by atoms with E-state index >= 15 is 0 Å². The van der Waals surface area contributed by atoms with Crippen molar-refractivity contribution in [3.05, 3.63) is 0 Å². The van der Waals surface area contributed by atoms with Crippen molar-refractivity contribution in [1.29, 1.82) is 0 Å². The van der Waals surface area contributed by atoms with Gasteiger partial charge in [-0.1, -0.05) is 0 Å². The van der Waals surface area contributed by atoms with Crippen molar-refractivity contribution < 1.29 is 14.8 Å². The van der Waals surface area contributed by atoms with Gasteiger partial charge in [0.15, 0.2) is 0 Å². The lowest BCUT2D eigenvalue weighted by atomic mass is 10.2. The maximum Gasteiger partial charge on any atom is 0.263 e. The van der Waals surface area contributed by atoms with E-state index in [-0.39, 0.29) is 6.42 Å². The highest BCUT2D eigenvalue weighted by Gasteiger charge is 2.18. The number of amides is 2. The van der Waals surface area contributed by atoms with Crippen LogP contribution < -0.4 is 11.5 Å². The standard InChI is InChI=1S/C5H11N3O3/c1-8(11)5(10)3(6)2-4(7)9/h3,11H,2,6H2,1H3,(H2,7,9)/t3-/m0/s1. The molecule has 1 atom stereocenters. The van der Waals surface area contributed by atoms with E-state index in [1.807, 2.05) is 0 Å². The number of rotatable bonds is 3. The van der Waals surface area contributed by atoms with E-state index in [1.165, 1.54) is 0 Å².